The molecule has 0 aliphatic carbocycles. The lowest BCUT2D eigenvalue weighted by atomic mass is 9.80. The minimum absolute atomic E-state index is 0.163. The first kappa shape index (κ1) is 24.0. The first-order valence-electron chi connectivity index (χ1n) is 12.1. The number of benzene rings is 3. The molecule has 1 heterocycles. The second-order valence-corrected chi connectivity index (χ2v) is 9.13. The van der Waals surface area contributed by atoms with Gasteiger partial charge in [0, 0.05) is 37.4 Å². The predicted octanol–water partition coefficient (Wildman–Crippen LogP) is 5.02. The molecule has 0 radical (unpaired) electrons. The fourth-order valence-electron chi connectivity index (χ4n) is 4.70. The summed E-state index contributed by atoms with van der Waals surface area (Å²) in [7, 11) is 4.01. The van der Waals surface area contributed by atoms with Crippen molar-refractivity contribution in [2.24, 2.45) is 0 Å². The Morgan fingerprint density at radius 2 is 1.53 bits per heavy atom. The van der Waals surface area contributed by atoms with Crippen molar-refractivity contribution < 1.29 is 9.53 Å². The highest BCUT2D eigenvalue weighted by atomic mass is 16.5. The summed E-state index contributed by atoms with van der Waals surface area (Å²) in [5.74, 6) is 1.76. The van der Waals surface area contributed by atoms with Gasteiger partial charge in [-0.1, -0.05) is 37.3 Å². The average Bonchev–Trinajstić information content (AvgIpc) is 2.89. The Bertz CT molecular complexity index is 1060. The molecule has 0 aromatic heterocycles. The summed E-state index contributed by atoms with van der Waals surface area (Å²) < 4.78 is 5.93. The number of carbonyl (C=O) groups excluding carboxylic acids is 1. The van der Waals surface area contributed by atoms with Crippen molar-refractivity contribution in [3.8, 4) is 11.5 Å². The van der Waals surface area contributed by atoms with Crippen LogP contribution in [0, 0.1) is 0 Å². The predicted molar refractivity (Wildman–Crippen MR) is 139 cm³/mol. The number of Topliss-reactive ketones (excluding diaryl/α,β-unsaturated/α-hetero) is 1. The van der Waals surface area contributed by atoms with Gasteiger partial charge in [0.1, 0.15) is 11.5 Å². The third kappa shape index (κ3) is 5.32. The van der Waals surface area contributed by atoms with Gasteiger partial charge in [-0.25, -0.2) is 0 Å². The van der Waals surface area contributed by atoms with Gasteiger partial charge in [-0.15, -0.1) is 0 Å². The Labute approximate surface area is 203 Å². The molecule has 1 fully saturated rings. The van der Waals surface area contributed by atoms with Crippen molar-refractivity contribution in [2.75, 3.05) is 45.2 Å². The average molecular weight is 458 g/mol. The number of likely N-dealkylation sites (N-methyl/N-ethyl adjacent to an activating group) is 1. The largest absolute Gasteiger partial charge is 0.457 e. The van der Waals surface area contributed by atoms with Crippen LogP contribution in [0.2, 0.25) is 0 Å². The van der Waals surface area contributed by atoms with E-state index in [1.807, 2.05) is 68.7 Å². The first-order valence-corrected chi connectivity index (χ1v) is 12.1. The molecule has 1 aliphatic rings. The van der Waals surface area contributed by atoms with Crippen LogP contribution in [0.1, 0.15) is 29.3 Å². The number of carbonyl (C=O) groups is 1. The van der Waals surface area contributed by atoms with E-state index in [0.717, 1.165) is 55.2 Å². The van der Waals surface area contributed by atoms with Crippen molar-refractivity contribution in [3.05, 3.63) is 90.0 Å². The van der Waals surface area contributed by atoms with Crippen LogP contribution in [-0.2, 0) is 6.42 Å². The lowest BCUT2D eigenvalue weighted by Gasteiger charge is -2.38. The lowest BCUT2D eigenvalue weighted by molar-refractivity contribution is 0.0666. The van der Waals surface area contributed by atoms with E-state index >= 15 is 0 Å². The number of piperazine rings is 1. The smallest absolute Gasteiger partial charge is 0.183 e. The van der Waals surface area contributed by atoms with E-state index in [0.29, 0.717) is 6.42 Å². The van der Waals surface area contributed by atoms with E-state index in [1.54, 1.807) is 0 Å². The second-order valence-electron chi connectivity index (χ2n) is 9.13. The lowest BCUT2D eigenvalue weighted by Crippen LogP contribution is -2.52. The van der Waals surface area contributed by atoms with E-state index in [1.165, 1.54) is 5.69 Å². The number of ketones is 1. The topological polar surface area (TPSA) is 44.8 Å². The van der Waals surface area contributed by atoms with E-state index in [9.17, 15) is 4.79 Å². The van der Waals surface area contributed by atoms with Gasteiger partial charge in [-0.05, 0) is 81.0 Å². The summed E-state index contributed by atoms with van der Waals surface area (Å²) in [5.41, 5.74) is 2.44. The molecule has 5 nitrogen and oxygen atoms in total. The number of nitrogens with one attached hydrogen (secondary N) is 1. The summed E-state index contributed by atoms with van der Waals surface area (Å²) in [6.07, 6.45) is 1.36. The molecule has 1 aliphatic heterocycles. The summed E-state index contributed by atoms with van der Waals surface area (Å²) in [5, 5.41) is 3.38. The maximum Gasteiger partial charge on any atom is 0.183 e. The van der Waals surface area contributed by atoms with Gasteiger partial charge in [0.25, 0.3) is 0 Å². The van der Waals surface area contributed by atoms with Crippen molar-refractivity contribution in [2.45, 2.75) is 25.3 Å². The molecule has 3 aromatic carbocycles. The molecule has 0 spiro atoms. The minimum atomic E-state index is -0.613. The number of rotatable bonds is 9. The third-order valence-electron chi connectivity index (χ3n) is 6.87. The molecule has 0 amide bonds. The van der Waals surface area contributed by atoms with Crippen LogP contribution in [-0.4, -0.2) is 56.5 Å². The maximum absolute atomic E-state index is 13.8. The van der Waals surface area contributed by atoms with Crippen molar-refractivity contribution in [3.63, 3.8) is 0 Å². The van der Waals surface area contributed by atoms with Crippen LogP contribution in [0.5, 0.6) is 11.5 Å². The molecule has 178 valence electrons. The number of nitrogens with zero attached hydrogens (tertiary/aromatic N) is 2. The molecule has 1 saturated heterocycles. The number of anilines is 1. The van der Waals surface area contributed by atoms with Crippen LogP contribution >= 0.6 is 0 Å². The van der Waals surface area contributed by atoms with Crippen LogP contribution in [0.3, 0.4) is 0 Å². The monoisotopic (exact) mass is 457 g/mol. The minimum Gasteiger partial charge on any atom is -0.457 e. The normalized spacial score (nSPS) is 15.7. The third-order valence-corrected chi connectivity index (χ3v) is 6.87. The van der Waals surface area contributed by atoms with E-state index in [-0.39, 0.29) is 5.78 Å². The summed E-state index contributed by atoms with van der Waals surface area (Å²) in [6.45, 7) is 6.08. The Morgan fingerprint density at radius 3 is 2.12 bits per heavy atom. The molecule has 3 aromatic rings. The molecule has 0 saturated carbocycles. The van der Waals surface area contributed by atoms with Gasteiger partial charge in [-0.3, -0.25) is 9.69 Å². The molecule has 4 rings (SSSR count). The molecule has 5 heteroatoms. The van der Waals surface area contributed by atoms with Gasteiger partial charge in [-0.2, -0.15) is 0 Å². The highest BCUT2D eigenvalue weighted by molar-refractivity contribution is 6.03. The van der Waals surface area contributed by atoms with Crippen LogP contribution in [0.4, 0.5) is 5.69 Å². The summed E-state index contributed by atoms with van der Waals surface area (Å²) in [6, 6.07) is 26.0. The van der Waals surface area contributed by atoms with Gasteiger partial charge in [0.15, 0.2) is 5.78 Å². The highest BCUT2D eigenvalue weighted by Gasteiger charge is 2.39. The quantitative estimate of drug-likeness (QED) is 0.457. The van der Waals surface area contributed by atoms with Gasteiger partial charge >= 0.3 is 0 Å². The molecule has 34 heavy (non-hydrogen) atoms. The zero-order chi connectivity index (χ0) is 24.0. The molecule has 1 atom stereocenters. The van der Waals surface area contributed by atoms with Crippen LogP contribution in [0.15, 0.2) is 78.9 Å². The second kappa shape index (κ2) is 10.9. The first-order chi connectivity index (χ1) is 16.5. The summed E-state index contributed by atoms with van der Waals surface area (Å²) in [4.78, 5) is 18.3. The highest BCUT2D eigenvalue weighted by Crippen LogP contribution is 2.30. The molecule has 0 bridgehead atoms. The van der Waals surface area contributed by atoms with Crippen molar-refractivity contribution in [1.82, 2.24) is 10.2 Å². The summed E-state index contributed by atoms with van der Waals surface area (Å²) >= 11 is 0. The van der Waals surface area contributed by atoms with E-state index < -0.39 is 5.54 Å². The van der Waals surface area contributed by atoms with Gasteiger partial charge in [0.05, 0.1) is 5.54 Å². The Kier molecular flexibility index (Phi) is 7.66. The maximum atomic E-state index is 13.8. The molecule has 1 unspecified atom stereocenters. The molecular weight excluding hydrogens is 422 g/mol. The van der Waals surface area contributed by atoms with Crippen molar-refractivity contribution in [1.29, 1.82) is 0 Å². The Hall–Kier alpha value is -3.15. The zero-order valence-corrected chi connectivity index (χ0v) is 20.5. The van der Waals surface area contributed by atoms with Crippen LogP contribution in [0.25, 0.3) is 0 Å². The van der Waals surface area contributed by atoms with Gasteiger partial charge < -0.3 is 15.0 Å². The zero-order valence-electron chi connectivity index (χ0n) is 20.5. The van der Waals surface area contributed by atoms with E-state index in [2.05, 4.69) is 46.3 Å². The van der Waals surface area contributed by atoms with Crippen molar-refractivity contribution >= 4 is 11.5 Å². The van der Waals surface area contributed by atoms with Gasteiger partial charge in [0.2, 0.25) is 0 Å². The number of hydrogen-bond acceptors (Lipinski definition) is 5. The standard InChI is InChI=1S/C29H35N3O2/c1-4-29(31(2)3,22-23-10-16-27(17-11-23)34-26-8-6-5-7-9-26)28(33)24-12-14-25(15-13-24)32-20-18-30-19-21-32/h5-17,30H,4,18-22H2,1-3H3. The fraction of sp³-hybridized carbons (Fsp3) is 0.345. The Morgan fingerprint density at radius 1 is 0.912 bits per heavy atom. The Balaban J connectivity index is 1.51. The fourth-order valence-corrected chi connectivity index (χ4v) is 4.70. The molecular formula is C29H35N3O2. The number of hydrogen-bond donors (Lipinski definition) is 1. The van der Waals surface area contributed by atoms with Crippen LogP contribution < -0.4 is 15.0 Å². The number of ether oxygens (including phenoxy) is 1. The van der Waals surface area contributed by atoms with E-state index in [4.69, 9.17) is 4.74 Å². The number of para-hydroxylation sites is 1. The molecule has 1 N–H and O–H groups in total. The SMILES string of the molecule is CCC(Cc1ccc(Oc2ccccc2)cc1)(C(=O)c1ccc(N2CCNCC2)cc1)N(C)C.